The van der Waals surface area contributed by atoms with Crippen LogP contribution in [0.15, 0.2) is 120 Å². The van der Waals surface area contributed by atoms with Crippen molar-refractivity contribution in [3.8, 4) is 0 Å². The molecule has 5 heteroatoms. The third-order valence-corrected chi connectivity index (χ3v) is 6.42. The quantitative estimate of drug-likeness (QED) is 0.342. The summed E-state index contributed by atoms with van der Waals surface area (Å²) >= 11 is 0. The Hall–Kier alpha value is -4.77. The van der Waals surface area contributed by atoms with Gasteiger partial charge in [-0.15, -0.1) is 0 Å². The minimum atomic E-state index is -0.386. The molecule has 0 saturated carbocycles. The lowest BCUT2D eigenvalue weighted by Crippen LogP contribution is -2.29. The van der Waals surface area contributed by atoms with Gasteiger partial charge in [0.1, 0.15) is 5.52 Å². The van der Waals surface area contributed by atoms with E-state index in [1.807, 2.05) is 54.6 Å². The first-order valence-corrected chi connectivity index (χ1v) is 11.7. The molecule has 5 nitrogen and oxygen atoms in total. The second-order valence-corrected chi connectivity index (χ2v) is 8.59. The van der Waals surface area contributed by atoms with E-state index in [1.54, 1.807) is 0 Å². The van der Waals surface area contributed by atoms with Crippen LogP contribution in [0, 0.1) is 0 Å². The van der Waals surface area contributed by atoms with E-state index in [0.29, 0.717) is 0 Å². The molecule has 35 heavy (non-hydrogen) atoms. The molecule has 3 heterocycles. The first-order chi connectivity index (χ1) is 17.3. The Morgan fingerprint density at radius 2 is 1.26 bits per heavy atom. The molecule has 1 aliphatic heterocycles. The van der Waals surface area contributed by atoms with Crippen LogP contribution in [0.4, 0.5) is 0 Å². The fraction of sp³-hybridized carbons (Fsp3) is 0.0333. The van der Waals surface area contributed by atoms with Crippen LogP contribution in [-0.2, 0) is 0 Å². The summed E-state index contributed by atoms with van der Waals surface area (Å²) in [6.45, 7) is 0. The minimum Gasteiger partial charge on any atom is -0.346 e. The van der Waals surface area contributed by atoms with Crippen LogP contribution in [0.25, 0.3) is 38.8 Å². The van der Waals surface area contributed by atoms with Gasteiger partial charge in [0.05, 0.1) is 22.3 Å². The Bertz CT molecular complexity index is 1760. The van der Waals surface area contributed by atoms with Crippen LogP contribution in [-0.4, -0.2) is 20.2 Å². The smallest absolute Gasteiger partial charge is 0.202 e. The molecule has 2 aromatic heterocycles. The standard InChI is InChI=1S/C30H21N5/c1-3-11-20(12-4-1)25-19-26(21-13-5-2-6-14-21)34-30(33-25)35-27-18-10-7-15-22(27)28-29(35)32-24-17-9-8-16-23(24)31-28/h1-19,30,33H. The van der Waals surface area contributed by atoms with Gasteiger partial charge in [-0.1, -0.05) is 91.0 Å². The summed E-state index contributed by atoms with van der Waals surface area (Å²) in [4.78, 5) is 15.2. The normalized spacial score (nSPS) is 15.7. The van der Waals surface area contributed by atoms with E-state index in [9.17, 15) is 0 Å². The molecule has 1 atom stereocenters. The lowest BCUT2D eigenvalue weighted by atomic mass is 10.0. The number of aromatic nitrogens is 3. The highest BCUT2D eigenvalue weighted by Gasteiger charge is 2.24. The molecule has 4 aromatic carbocycles. The van der Waals surface area contributed by atoms with Crippen molar-refractivity contribution in [2.24, 2.45) is 4.99 Å². The minimum absolute atomic E-state index is 0.386. The van der Waals surface area contributed by atoms with Gasteiger partial charge < -0.3 is 5.32 Å². The summed E-state index contributed by atoms with van der Waals surface area (Å²) in [5.41, 5.74) is 8.62. The molecule has 1 aliphatic rings. The van der Waals surface area contributed by atoms with Crippen molar-refractivity contribution >= 4 is 44.5 Å². The number of hydrogen-bond donors (Lipinski definition) is 1. The summed E-state index contributed by atoms with van der Waals surface area (Å²) in [5.74, 6) is 0. The number of aliphatic imine (C=N–C) groups is 1. The zero-order valence-corrected chi connectivity index (χ0v) is 18.8. The van der Waals surface area contributed by atoms with Crippen LogP contribution in [0.1, 0.15) is 17.4 Å². The van der Waals surface area contributed by atoms with E-state index in [-0.39, 0.29) is 6.29 Å². The third kappa shape index (κ3) is 3.28. The van der Waals surface area contributed by atoms with Gasteiger partial charge in [-0.05, 0) is 35.4 Å². The number of para-hydroxylation sites is 3. The molecule has 7 rings (SSSR count). The number of nitrogens with zero attached hydrogens (tertiary/aromatic N) is 4. The second-order valence-electron chi connectivity index (χ2n) is 8.59. The van der Waals surface area contributed by atoms with Crippen molar-refractivity contribution in [1.82, 2.24) is 19.9 Å². The highest BCUT2D eigenvalue weighted by molar-refractivity contribution is 6.13. The molecule has 0 bridgehead atoms. The maximum absolute atomic E-state index is 5.17. The van der Waals surface area contributed by atoms with Crippen molar-refractivity contribution in [2.75, 3.05) is 0 Å². The average molecular weight is 452 g/mol. The topological polar surface area (TPSA) is 55.1 Å². The van der Waals surface area contributed by atoms with E-state index in [2.05, 4.69) is 70.6 Å². The molecule has 0 saturated heterocycles. The largest absolute Gasteiger partial charge is 0.346 e. The van der Waals surface area contributed by atoms with E-state index in [0.717, 1.165) is 55.6 Å². The zero-order valence-electron chi connectivity index (χ0n) is 18.8. The van der Waals surface area contributed by atoms with E-state index in [1.165, 1.54) is 0 Å². The molecular formula is C30H21N5. The number of rotatable bonds is 3. The van der Waals surface area contributed by atoms with Gasteiger partial charge >= 0.3 is 0 Å². The SMILES string of the molecule is C1=C(c2ccccc2)NC(n2c3ccccc3c3nc4ccccc4nc32)N=C1c1ccccc1. The fourth-order valence-corrected chi connectivity index (χ4v) is 4.78. The lowest BCUT2D eigenvalue weighted by molar-refractivity contribution is 0.506. The van der Waals surface area contributed by atoms with E-state index < -0.39 is 0 Å². The van der Waals surface area contributed by atoms with E-state index >= 15 is 0 Å². The average Bonchev–Trinajstić information content (AvgIpc) is 3.26. The van der Waals surface area contributed by atoms with E-state index in [4.69, 9.17) is 15.0 Å². The maximum atomic E-state index is 5.17. The summed E-state index contributed by atoms with van der Waals surface area (Å²) in [6.07, 6.45) is 1.74. The van der Waals surface area contributed by atoms with Gasteiger partial charge in [0.2, 0.25) is 6.29 Å². The number of benzene rings is 4. The molecule has 0 amide bonds. The number of fused-ring (bicyclic) bond motifs is 4. The Balaban J connectivity index is 1.50. The van der Waals surface area contributed by atoms with Crippen molar-refractivity contribution in [1.29, 1.82) is 0 Å². The molecule has 1 unspecified atom stereocenters. The van der Waals surface area contributed by atoms with Crippen LogP contribution in [0.3, 0.4) is 0 Å². The Kier molecular flexibility index (Phi) is 4.45. The highest BCUT2D eigenvalue weighted by Crippen LogP contribution is 2.33. The predicted molar refractivity (Wildman–Crippen MR) is 142 cm³/mol. The van der Waals surface area contributed by atoms with Gasteiger partial charge in [-0.25, -0.2) is 15.0 Å². The van der Waals surface area contributed by atoms with Gasteiger partial charge in [0, 0.05) is 11.1 Å². The van der Waals surface area contributed by atoms with Crippen molar-refractivity contribution in [3.05, 3.63) is 126 Å². The number of hydrogen-bond acceptors (Lipinski definition) is 4. The third-order valence-electron chi connectivity index (χ3n) is 6.42. The van der Waals surface area contributed by atoms with Crippen LogP contribution >= 0.6 is 0 Å². The van der Waals surface area contributed by atoms with Gasteiger partial charge in [0.15, 0.2) is 5.65 Å². The molecule has 166 valence electrons. The second kappa shape index (κ2) is 7.92. The fourth-order valence-electron chi connectivity index (χ4n) is 4.78. The summed E-state index contributed by atoms with van der Waals surface area (Å²) in [6, 6.07) is 37.0. The summed E-state index contributed by atoms with van der Waals surface area (Å²) in [7, 11) is 0. The van der Waals surface area contributed by atoms with Gasteiger partial charge in [-0.3, -0.25) is 4.57 Å². The molecule has 0 radical (unpaired) electrons. The Morgan fingerprint density at radius 1 is 0.629 bits per heavy atom. The van der Waals surface area contributed by atoms with Crippen molar-refractivity contribution in [3.63, 3.8) is 0 Å². The first kappa shape index (κ1) is 19.7. The number of allylic oxidation sites excluding steroid dienone is 1. The van der Waals surface area contributed by atoms with Gasteiger partial charge in [0.25, 0.3) is 0 Å². The monoisotopic (exact) mass is 451 g/mol. The summed E-state index contributed by atoms with van der Waals surface area (Å²) < 4.78 is 2.17. The highest BCUT2D eigenvalue weighted by atomic mass is 15.3. The van der Waals surface area contributed by atoms with Crippen LogP contribution in [0.2, 0.25) is 0 Å². The maximum Gasteiger partial charge on any atom is 0.202 e. The van der Waals surface area contributed by atoms with Crippen LogP contribution in [0.5, 0.6) is 0 Å². The predicted octanol–water partition coefficient (Wildman–Crippen LogP) is 6.33. The lowest BCUT2D eigenvalue weighted by Gasteiger charge is -2.26. The van der Waals surface area contributed by atoms with Crippen LogP contribution < -0.4 is 5.32 Å². The Morgan fingerprint density at radius 3 is 2.03 bits per heavy atom. The zero-order chi connectivity index (χ0) is 23.2. The van der Waals surface area contributed by atoms with Gasteiger partial charge in [-0.2, -0.15) is 0 Å². The molecule has 0 aliphatic carbocycles. The molecule has 0 fully saturated rings. The Labute approximate surface area is 202 Å². The first-order valence-electron chi connectivity index (χ1n) is 11.7. The van der Waals surface area contributed by atoms with Crippen molar-refractivity contribution < 1.29 is 0 Å². The molecular weight excluding hydrogens is 430 g/mol. The summed E-state index contributed by atoms with van der Waals surface area (Å²) in [5, 5.41) is 4.74. The molecule has 6 aromatic rings. The molecule has 0 spiro atoms. The molecule has 1 N–H and O–H groups in total. The van der Waals surface area contributed by atoms with Crippen molar-refractivity contribution in [2.45, 2.75) is 6.29 Å². The number of nitrogens with one attached hydrogen (secondary N) is 1.